The van der Waals surface area contributed by atoms with Gasteiger partial charge in [-0.2, -0.15) is 5.10 Å². The van der Waals surface area contributed by atoms with Gasteiger partial charge in [-0.1, -0.05) is 0 Å². The number of anilines is 1. The Labute approximate surface area is 154 Å². The van der Waals surface area contributed by atoms with Crippen LogP contribution in [0.25, 0.3) is 0 Å². The van der Waals surface area contributed by atoms with Gasteiger partial charge in [0, 0.05) is 43.5 Å². The second-order valence-corrected chi connectivity index (χ2v) is 8.48. The van der Waals surface area contributed by atoms with E-state index in [2.05, 4.69) is 9.82 Å². The average molecular weight is 376 g/mol. The summed E-state index contributed by atoms with van der Waals surface area (Å²) in [6.07, 6.45) is 0.661. The van der Waals surface area contributed by atoms with Crippen LogP contribution >= 0.6 is 0 Å². The molecule has 0 fully saturated rings. The van der Waals surface area contributed by atoms with Crippen LogP contribution < -0.4 is 9.62 Å². The van der Waals surface area contributed by atoms with Gasteiger partial charge in [0.2, 0.25) is 15.9 Å². The minimum absolute atomic E-state index is 0.0337. The summed E-state index contributed by atoms with van der Waals surface area (Å²) in [5.41, 5.74) is 4.31. The van der Waals surface area contributed by atoms with Crippen molar-refractivity contribution < 1.29 is 13.2 Å². The Morgan fingerprint density at radius 1 is 1.31 bits per heavy atom. The number of hydrogen-bond donors (Lipinski definition) is 1. The molecule has 1 unspecified atom stereocenters. The first-order chi connectivity index (χ1) is 12.1. The van der Waals surface area contributed by atoms with Crippen molar-refractivity contribution in [1.29, 1.82) is 0 Å². The summed E-state index contributed by atoms with van der Waals surface area (Å²) in [5.74, 6) is -0.0337. The lowest BCUT2D eigenvalue weighted by Gasteiger charge is -2.17. The lowest BCUT2D eigenvalue weighted by molar-refractivity contribution is -0.116. The van der Waals surface area contributed by atoms with Crippen molar-refractivity contribution in [3.8, 4) is 0 Å². The lowest BCUT2D eigenvalue weighted by atomic mass is 10.1. The molecule has 8 heteroatoms. The maximum Gasteiger partial charge on any atom is 0.241 e. The van der Waals surface area contributed by atoms with E-state index in [1.165, 1.54) is 6.92 Å². The topological polar surface area (TPSA) is 84.3 Å². The van der Waals surface area contributed by atoms with E-state index in [1.807, 2.05) is 27.8 Å². The third kappa shape index (κ3) is 3.14. The minimum atomic E-state index is -3.68. The molecule has 1 atom stereocenters. The highest BCUT2D eigenvalue weighted by molar-refractivity contribution is 7.89. The molecule has 0 aliphatic carbocycles. The first-order valence-corrected chi connectivity index (χ1v) is 10.0. The van der Waals surface area contributed by atoms with Crippen molar-refractivity contribution in [3.63, 3.8) is 0 Å². The van der Waals surface area contributed by atoms with Gasteiger partial charge in [-0.3, -0.25) is 9.48 Å². The molecule has 1 aromatic heterocycles. The maximum atomic E-state index is 12.8. The number of nitrogens with zero attached hydrogens (tertiary/aromatic N) is 3. The zero-order chi connectivity index (χ0) is 19.2. The van der Waals surface area contributed by atoms with Crippen molar-refractivity contribution in [2.24, 2.45) is 7.05 Å². The number of amides is 1. The number of carbonyl (C=O) groups is 1. The molecular weight excluding hydrogens is 352 g/mol. The van der Waals surface area contributed by atoms with Crippen LogP contribution in [0.5, 0.6) is 0 Å². The summed E-state index contributed by atoms with van der Waals surface area (Å²) in [7, 11) is -1.84. The van der Waals surface area contributed by atoms with Crippen LogP contribution in [0.2, 0.25) is 0 Å². The molecule has 26 heavy (non-hydrogen) atoms. The first-order valence-electron chi connectivity index (χ1n) is 8.55. The summed E-state index contributed by atoms with van der Waals surface area (Å²) in [6, 6.07) is 4.54. The number of aryl methyl sites for hydroxylation is 2. The molecule has 0 saturated carbocycles. The van der Waals surface area contributed by atoms with Crippen molar-refractivity contribution in [2.45, 2.75) is 45.1 Å². The van der Waals surface area contributed by atoms with Gasteiger partial charge in [0.15, 0.2) is 0 Å². The second-order valence-electron chi connectivity index (χ2n) is 6.76. The number of benzene rings is 1. The summed E-state index contributed by atoms with van der Waals surface area (Å²) < 4.78 is 30.2. The summed E-state index contributed by atoms with van der Waals surface area (Å²) in [4.78, 5) is 13.5. The van der Waals surface area contributed by atoms with E-state index in [-0.39, 0.29) is 10.8 Å². The summed E-state index contributed by atoms with van der Waals surface area (Å²) >= 11 is 0. The number of rotatable bonds is 4. The normalized spacial score (nSPS) is 15.2. The highest BCUT2D eigenvalue weighted by Crippen LogP contribution is 2.31. The smallest absolute Gasteiger partial charge is 0.241 e. The quantitative estimate of drug-likeness (QED) is 0.884. The Hall–Kier alpha value is -2.19. The molecule has 1 aliphatic rings. The standard InChI is InChI=1S/C18H24N4O3S/c1-11-18(13(3)21(5)19-11)12(2)20-26(24,25)16-6-7-17-15(10-16)8-9-22(17)14(4)23/h6-7,10,12,20H,8-9H2,1-5H3. The molecule has 2 heterocycles. The maximum absolute atomic E-state index is 12.8. The predicted molar refractivity (Wildman–Crippen MR) is 99.6 cm³/mol. The van der Waals surface area contributed by atoms with Gasteiger partial charge >= 0.3 is 0 Å². The van der Waals surface area contributed by atoms with Crippen LogP contribution in [0.4, 0.5) is 5.69 Å². The lowest BCUT2D eigenvalue weighted by Crippen LogP contribution is -2.28. The molecule has 1 N–H and O–H groups in total. The van der Waals surface area contributed by atoms with Crippen molar-refractivity contribution in [3.05, 3.63) is 40.7 Å². The molecule has 0 saturated heterocycles. The SMILES string of the molecule is CC(=O)N1CCc2cc(S(=O)(=O)NC(C)c3c(C)nn(C)c3C)ccc21. The Morgan fingerprint density at radius 2 is 2.00 bits per heavy atom. The van der Waals surface area contributed by atoms with Gasteiger partial charge in [-0.05, 0) is 51.0 Å². The third-order valence-corrected chi connectivity index (χ3v) is 6.51. The summed E-state index contributed by atoms with van der Waals surface area (Å²) in [6.45, 7) is 7.72. The molecular formula is C18H24N4O3S. The Balaban J connectivity index is 1.88. The van der Waals surface area contributed by atoms with E-state index >= 15 is 0 Å². The Kier molecular flexibility index (Phi) is 4.66. The van der Waals surface area contributed by atoms with Crippen molar-refractivity contribution >= 4 is 21.6 Å². The molecule has 0 radical (unpaired) electrons. The largest absolute Gasteiger partial charge is 0.312 e. The molecule has 1 aromatic carbocycles. The zero-order valence-electron chi connectivity index (χ0n) is 15.7. The number of fused-ring (bicyclic) bond motifs is 1. The van der Waals surface area contributed by atoms with Crippen LogP contribution in [-0.2, 0) is 28.3 Å². The average Bonchev–Trinajstić information content (AvgIpc) is 3.07. The number of hydrogen-bond acceptors (Lipinski definition) is 4. The van der Waals surface area contributed by atoms with Crippen LogP contribution in [-0.4, -0.2) is 30.7 Å². The monoisotopic (exact) mass is 376 g/mol. The van der Waals surface area contributed by atoms with Gasteiger partial charge in [-0.25, -0.2) is 13.1 Å². The number of sulfonamides is 1. The van der Waals surface area contributed by atoms with Crippen LogP contribution in [0.3, 0.4) is 0 Å². The van der Waals surface area contributed by atoms with Crippen molar-refractivity contribution in [1.82, 2.24) is 14.5 Å². The summed E-state index contributed by atoms with van der Waals surface area (Å²) in [5, 5.41) is 4.35. The van der Waals surface area contributed by atoms with Gasteiger partial charge < -0.3 is 4.90 Å². The zero-order valence-corrected chi connectivity index (χ0v) is 16.5. The van der Waals surface area contributed by atoms with Gasteiger partial charge in [0.05, 0.1) is 10.6 Å². The van der Waals surface area contributed by atoms with E-state index < -0.39 is 16.1 Å². The third-order valence-electron chi connectivity index (χ3n) is 4.97. The van der Waals surface area contributed by atoms with Crippen molar-refractivity contribution in [2.75, 3.05) is 11.4 Å². The van der Waals surface area contributed by atoms with Crippen LogP contribution in [0.1, 0.15) is 42.4 Å². The molecule has 1 amide bonds. The highest BCUT2D eigenvalue weighted by Gasteiger charge is 2.27. The molecule has 1 aliphatic heterocycles. The van der Waals surface area contributed by atoms with E-state index in [4.69, 9.17) is 0 Å². The second kappa shape index (κ2) is 6.51. The Bertz CT molecular complexity index is 979. The van der Waals surface area contributed by atoms with Gasteiger partial charge in [0.25, 0.3) is 0 Å². The van der Waals surface area contributed by atoms with Crippen LogP contribution in [0.15, 0.2) is 23.1 Å². The Morgan fingerprint density at radius 3 is 2.58 bits per heavy atom. The first kappa shape index (κ1) is 18.6. The van der Waals surface area contributed by atoms with E-state index in [9.17, 15) is 13.2 Å². The number of nitrogens with one attached hydrogen (secondary N) is 1. The number of aromatic nitrogens is 2. The van der Waals surface area contributed by atoms with Gasteiger partial charge in [0.1, 0.15) is 0 Å². The number of carbonyl (C=O) groups excluding carboxylic acids is 1. The molecule has 0 bridgehead atoms. The fourth-order valence-corrected chi connectivity index (χ4v) is 4.91. The van der Waals surface area contributed by atoms with E-state index in [0.717, 1.165) is 28.2 Å². The molecule has 7 nitrogen and oxygen atoms in total. The van der Waals surface area contributed by atoms with Crippen LogP contribution in [0, 0.1) is 13.8 Å². The molecule has 0 spiro atoms. The highest BCUT2D eigenvalue weighted by atomic mass is 32.2. The fraction of sp³-hybridized carbons (Fsp3) is 0.444. The predicted octanol–water partition coefficient (Wildman–Crippen LogP) is 1.99. The molecule has 140 valence electrons. The minimum Gasteiger partial charge on any atom is -0.312 e. The fourth-order valence-electron chi connectivity index (χ4n) is 3.65. The van der Waals surface area contributed by atoms with E-state index in [0.29, 0.717) is 13.0 Å². The molecule has 2 aromatic rings. The van der Waals surface area contributed by atoms with E-state index in [1.54, 1.807) is 27.8 Å². The van der Waals surface area contributed by atoms with Gasteiger partial charge in [-0.15, -0.1) is 0 Å². The molecule has 3 rings (SSSR count).